The van der Waals surface area contributed by atoms with E-state index in [4.69, 9.17) is 4.79 Å². The Morgan fingerprint density at radius 3 is 2.57 bits per heavy atom. The third-order valence-electron chi connectivity index (χ3n) is 2.20. The highest BCUT2D eigenvalue weighted by Gasteiger charge is 1.99. The van der Waals surface area contributed by atoms with Crippen LogP contribution >= 0.6 is 0 Å². The number of amides is 1. The minimum Gasteiger partial charge on any atom is -0.372 e. The van der Waals surface area contributed by atoms with Gasteiger partial charge in [0, 0.05) is 17.9 Å². The summed E-state index contributed by atoms with van der Waals surface area (Å²) in [6.07, 6.45) is 4.49. The first-order valence-corrected chi connectivity index (χ1v) is 4.39. The van der Waals surface area contributed by atoms with Crippen LogP contribution in [-0.4, -0.2) is 10.8 Å². The SMILES string of the molecule is Cc1cn2ccccc2c1C.NC=O. The molecule has 0 fully saturated rings. The second-order valence-corrected chi connectivity index (χ2v) is 3.07. The predicted molar refractivity (Wildman–Crippen MR) is 57.1 cm³/mol. The van der Waals surface area contributed by atoms with E-state index in [0.717, 1.165) is 0 Å². The van der Waals surface area contributed by atoms with Gasteiger partial charge in [0.2, 0.25) is 6.41 Å². The predicted octanol–water partition coefficient (Wildman–Crippen LogP) is 1.66. The normalized spacial score (nSPS) is 9.29. The summed E-state index contributed by atoms with van der Waals surface area (Å²) in [5.74, 6) is 0. The molecule has 0 bridgehead atoms. The molecule has 0 saturated heterocycles. The smallest absolute Gasteiger partial charge is 0.204 e. The van der Waals surface area contributed by atoms with E-state index >= 15 is 0 Å². The highest BCUT2D eigenvalue weighted by molar-refractivity contribution is 5.57. The molecule has 3 heteroatoms. The van der Waals surface area contributed by atoms with Crippen molar-refractivity contribution in [1.29, 1.82) is 0 Å². The monoisotopic (exact) mass is 190 g/mol. The molecular formula is C11H14N2O. The molecule has 0 atom stereocenters. The number of primary amides is 1. The Balaban J connectivity index is 0.000000293. The standard InChI is InChI=1S/C10H11N.CH3NO/c1-8-7-11-6-4-3-5-10(11)9(8)2;2-1-3/h3-7H,1-2H3;1H,(H2,2,3). The fraction of sp³-hybridized carbons (Fsp3) is 0.182. The van der Waals surface area contributed by atoms with E-state index in [1.807, 2.05) is 6.07 Å². The molecule has 2 aromatic rings. The van der Waals surface area contributed by atoms with E-state index in [2.05, 4.69) is 48.5 Å². The molecule has 2 aromatic heterocycles. The first-order valence-electron chi connectivity index (χ1n) is 4.39. The van der Waals surface area contributed by atoms with Crippen LogP contribution in [0.4, 0.5) is 0 Å². The van der Waals surface area contributed by atoms with Crippen molar-refractivity contribution in [2.75, 3.05) is 0 Å². The van der Waals surface area contributed by atoms with E-state index in [-0.39, 0.29) is 6.41 Å². The third kappa shape index (κ3) is 1.93. The number of nitrogens with two attached hydrogens (primary N) is 1. The molecule has 2 rings (SSSR count). The van der Waals surface area contributed by atoms with Gasteiger partial charge in [0.15, 0.2) is 0 Å². The molecular weight excluding hydrogens is 176 g/mol. The molecule has 0 aliphatic heterocycles. The van der Waals surface area contributed by atoms with Gasteiger partial charge in [-0.05, 0) is 37.1 Å². The molecule has 0 aliphatic carbocycles. The minimum absolute atomic E-state index is 0.250. The van der Waals surface area contributed by atoms with Gasteiger partial charge in [-0.2, -0.15) is 0 Å². The van der Waals surface area contributed by atoms with Crippen LogP contribution in [0.2, 0.25) is 0 Å². The Bertz CT molecular complexity index is 432. The zero-order valence-electron chi connectivity index (χ0n) is 8.40. The van der Waals surface area contributed by atoms with Crippen molar-refractivity contribution in [3.63, 3.8) is 0 Å². The summed E-state index contributed by atoms with van der Waals surface area (Å²) < 4.78 is 2.16. The van der Waals surface area contributed by atoms with Gasteiger partial charge in [0.05, 0.1) is 0 Å². The van der Waals surface area contributed by atoms with E-state index in [1.54, 1.807) is 0 Å². The quantitative estimate of drug-likeness (QED) is 0.631. The lowest BCUT2D eigenvalue weighted by Gasteiger charge is -1.92. The Hall–Kier alpha value is -1.77. The van der Waals surface area contributed by atoms with Crippen LogP contribution in [0.5, 0.6) is 0 Å². The number of carbonyl (C=O) groups excluding carboxylic acids is 1. The number of fused-ring (bicyclic) bond motifs is 1. The highest BCUT2D eigenvalue weighted by atomic mass is 16.1. The molecule has 14 heavy (non-hydrogen) atoms. The molecule has 0 spiro atoms. The molecule has 0 unspecified atom stereocenters. The van der Waals surface area contributed by atoms with E-state index in [1.165, 1.54) is 16.6 Å². The van der Waals surface area contributed by atoms with Crippen LogP contribution in [0.1, 0.15) is 11.1 Å². The van der Waals surface area contributed by atoms with E-state index < -0.39 is 0 Å². The largest absolute Gasteiger partial charge is 0.372 e. The highest BCUT2D eigenvalue weighted by Crippen LogP contribution is 2.15. The maximum atomic E-state index is 8.58. The van der Waals surface area contributed by atoms with Crippen molar-refractivity contribution in [3.05, 3.63) is 41.7 Å². The summed E-state index contributed by atoms with van der Waals surface area (Å²) in [5.41, 5.74) is 8.21. The summed E-state index contributed by atoms with van der Waals surface area (Å²) >= 11 is 0. The number of aryl methyl sites for hydroxylation is 2. The van der Waals surface area contributed by atoms with Crippen LogP contribution in [0.15, 0.2) is 30.6 Å². The summed E-state index contributed by atoms with van der Waals surface area (Å²) in [5, 5.41) is 0. The van der Waals surface area contributed by atoms with Gasteiger partial charge in [0.25, 0.3) is 0 Å². The Morgan fingerprint density at radius 1 is 1.36 bits per heavy atom. The topological polar surface area (TPSA) is 47.5 Å². The fourth-order valence-corrected chi connectivity index (χ4v) is 1.39. The minimum atomic E-state index is 0.250. The molecule has 0 radical (unpaired) electrons. The molecule has 2 heterocycles. The Kier molecular flexibility index (Phi) is 3.29. The Morgan fingerprint density at radius 2 is 2.00 bits per heavy atom. The van der Waals surface area contributed by atoms with Crippen molar-refractivity contribution in [1.82, 2.24) is 4.40 Å². The first-order chi connectivity index (χ1) is 6.70. The lowest BCUT2D eigenvalue weighted by atomic mass is 10.2. The second-order valence-electron chi connectivity index (χ2n) is 3.07. The number of carbonyl (C=O) groups is 1. The van der Waals surface area contributed by atoms with Gasteiger partial charge in [-0.25, -0.2) is 0 Å². The average Bonchev–Trinajstić information content (AvgIpc) is 2.45. The fourth-order valence-electron chi connectivity index (χ4n) is 1.39. The Labute approximate surface area is 83.2 Å². The number of hydrogen-bond donors (Lipinski definition) is 1. The van der Waals surface area contributed by atoms with Crippen LogP contribution in [-0.2, 0) is 4.79 Å². The average molecular weight is 190 g/mol. The van der Waals surface area contributed by atoms with Crippen molar-refractivity contribution >= 4 is 11.9 Å². The number of pyridine rings is 1. The molecule has 1 amide bonds. The number of aromatic nitrogens is 1. The molecule has 2 N–H and O–H groups in total. The lowest BCUT2D eigenvalue weighted by Crippen LogP contribution is -1.82. The van der Waals surface area contributed by atoms with Gasteiger partial charge in [-0.15, -0.1) is 0 Å². The third-order valence-corrected chi connectivity index (χ3v) is 2.20. The molecule has 0 aromatic carbocycles. The summed E-state index contributed by atoms with van der Waals surface area (Å²) in [6.45, 7) is 4.30. The van der Waals surface area contributed by atoms with Gasteiger partial charge in [0.1, 0.15) is 0 Å². The van der Waals surface area contributed by atoms with Gasteiger partial charge in [-0.3, -0.25) is 4.79 Å². The molecule has 0 aliphatic rings. The summed E-state index contributed by atoms with van der Waals surface area (Å²) in [6, 6.07) is 6.26. The summed E-state index contributed by atoms with van der Waals surface area (Å²) in [4.78, 5) is 8.58. The van der Waals surface area contributed by atoms with Gasteiger partial charge >= 0.3 is 0 Å². The van der Waals surface area contributed by atoms with Crippen LogP contribution in [0.3, 0.4) is 0 Å². The van der Waals surface area contributed by atoms with Crippen molar-refractivity contribution in [2.24, 2.45) is 5.73 Å². The zero-order chi connectivity index (χ0) is 10.6. The van der Waals surface area contributed by atoms with Gasteiger partial charge in [-0.1, -0.05) is 6.07 Å². The molecule has 3 nitrogen and oxygen atoms in total. The molecule has 0 saturated carbocycles. The van der Waals surface area contributed by atoms with Crippen LogP contribution < -0.4 is 5.73 Å². The number of rotatable bonds is 0. The van der Waals surface area contributed by atoms with Crippen molar-refractivity contribution in [3.8, 4) is 0 Å². The second kappa shape index (κ2) is 4.46. The van der Waals surface area contributed by atoms with E-state index in [0.29, 0.717) is 0 Å². The molecule has 74 valence electrons. The van der Waals surface area contributed by atoms with Crippen molar-refractivity contribution < 1.29 is 4.79 Å². The van der Waals surface area contributed by atoms with Crippen molar-refractivity contribution in [2.45, 2.75) is 13.8 Å². The summed E-state index contributed by atoms with van der Waals surface area (Å²) in [7, 11) is 0. The zero-order valence-corrected chi connectivity index (χ0v) is 8.40. The van der Waals surface area contributed by atoms with E-state index in [9.17, 15) is 0 Å². The maximum absolute atomic E-state index is 8.58. The van der Waals surface area contributed by atoms with Crippen LogP contribution in [0, 0.1) is 13.8 Å². The lowest BCUT2D eigenvalue weighted by molar-refractivity contribution is -0.106. The maximum Gasteiger partial charge on any atom is 0.204 e. The van der Waals surface area contributed by atoms with Gasteiger partial charge < -0.3 is 10.1 Å². The number of hydrogen-bond acceptors (Lipinski definition) is 1. The first kappa shape index (κ1) is 10.3. The number of nitrogens with zero attached hydrogens (tertiary/aromatic N) is 1. The van der Waals surface area contributed by atoms with Crippen LogP contribution in [0.25, 0.3) is 5.52 Å².